The third-order valence-corrected chi connectivity index (χ3v) is 4.84. The first-order valence-corrected chi connectivity index (χ1v) is 8.88. The van der Waals surface area contributed by atoms with Gasteiger partial charge in [0.1, 0.15) is 17.6 Å². The van der Waals surface area contributed by atoms with Crippen molar-refractivity contribution in [1.82, 2.24) is 30.3 Å². The summed E-state index contributed by atoms with van der Waals surface area (Å²) >= 11 is 0. The Kier molecular flexibility index (Phi) is 4.66. The fourth-order valence-corrected chi connectivity index (χ4v) is 3.33. The lowest BCUT2D eigenvalue weighted by Crippen LogP contribution is -2.30. The number of carbonyl (C=O) groups excluding carboxylic acids is 1. The molecule has 1 aliphatic rings. The number of amides is 1. The van der Waals surface area contributed by atoms with E-state index < -0.39 is 0 Å². The zero-order chi connectivity index (χ0) is 17.9. The highest BCUT2D eigenvalue weighted by Gasteiger charge is 2.18. The molecule has 26 heavy (non-hydrogen) atoms. The van der Waals surface area contributed by atoms with Crippen LogP contribution in [-0.2, 0) is 17.9 Å². The number of fused-ring (bicyclic) bond motifs is 1. The largest absolute Gasteiger partial charge is 0.340 e. The molecule has 4 rings (SSSR count). The maximum Gasteiger partial charge on any atom is 0.244 e. The first-order valence-electron chi connectivity index (χ1n) is 8.88. The fraction of sp³-hybridized carbons (Fsp3) is 0.444. The second-order valence-electron chi connectivity index (χ2n) is 6.82. The van der Waals surface area contributed by atoms with Gasteiger partial charge in [-0.2, -0.15) is 5.10 Å². The standard InChI is InChI=1S/C18H22N6O2/c1-23(11-13-4-5-16-17(9-13)22-26-21-16)18(25)12-24-8-6-15(20-24)14-3-2-7-19-10-14/h4-6,8-9,14,19H,2-3,7,10-12H2,1H3. The van der Waals surface area contributed by atoms with Crippen molar-refractivity contribution < 1.29 is 9.42 Å². The first kappa shape index (κ1) is 16.7. The molecule has 1 fully saturated rings. The van der Waals surface area contributed by atoms with E-state index in [1.54, 1.807) is 16.6 Å². The van der Waals surface area contributed by atoms with Crippen molar-refractivity contribution in [1.29, 1.82) is 0 Å². The number of hydrogen-bond acceptors (Lipinski definition) is 6. The lowest BCUT2D eigenvalue weighted by atomic mass is 9.97. The molecule has 1 aromatic carbocycles. The van der Waals surface area contributed by atoms with Crippen LogP contribution in [0.2, 0.25) is 0 Å². The number of benzene rings is 1. The Labute approximate surface area is 151 Å². The van der Waals surface area contributed by atoms with Gasteiger partial charge in [-0.15, -0.1) is 0 Å². The van der Waals surface area contributed by atoms with Crippen molar-refractivity contribution in [3.8, 4) is 0 Å². The summed E-state index contributed by atoms with van der Waals surface area (Å²) in [5, 5.41) is 15.6. The quantitative estimate of drug-likeness (QED) is 0.748. The molecule has 3 aromatic rings. The van der Waals surface area contributed by atoms with E-state index in [1.165, 1.54) is 6.42 Å². The van der Waals surface area contributed by atoms with Crippen LogP contribution < -0.4 is 5.32 Å². The average Bonchev–Trinajstić information content (AvgIpc) is 3.31. The molecule has 2 aromatic heterocycles. The Morgan fingerprint density at radius 3 is 3.08 bits per heavy atom. The monoisotopic (exact) mass is 354 g/mol. The number of nitrogens with zero attached hydrogens (tertiary/aromatic N) is 5. The van der Waals surface area contributed by atoms with Crippen molar-refractivity contribution in [2.45, 2.75) is 31.8 Å². The normalized spacial score (nSPS) is 17.5. The molecule has 136 valence electrons. The molecule has 0 spiro atoms. The number of piperidine rings is 1. The summed E-state index contributed by atoms with van der Waals surface area (Å²) < 4.78 is 6.44. The van der Waals surface area contributed by atoms with Crippen LogP contribution in [0.3, 0.4) is 0 Å². The maximum atomic E-state index is 12.5. The number of aromatic nitrogens is 4. The smallest absolute Gasteiger partial charge is 0.244 e. The van der Waals surface area contributed by atoms with Gasteiger partial charge in [0.05, 0.1) is 5.69 Å². The van der Waals surface area contributed by atoms with Crippen molar-refractivity contribution in [2.75, 3.05) is 20.1 Å². The summed E-state index contributed by atoms with van der Waals surface area (Å²) in [5.41, 5.74) is 3.46. The fourth-order valence-electron chi connectivity index (χ4n) is 3.33. The van der Waals surface area contributed by atoms with Crippen molar-refractivity contribution in [2.24, 2.45) is 0 Å². The highest BCUT2D eigenvalue weighted by molar-refractivity contribution is 5.76. The summed E-state index contributed by atoms with van der Waals surface area (Å²) in [6, 6.07) is 7.68. The van der Waals surface area contributed by atoms with Gasteiger partial charge >= 0.3 is 0 Å². The van der Waals surface area contributed by atoms with Crippen molar-refractivity contribution in [3.63, 3.8) is 0 Å². The first-order chi connectivity index (χ1) is 12.7. The molecular formula is C18H22N6O2. The zero-order valence-electron chi connectivity index (χ0n) is 14.8. The Morgan fingerprint density at radius 1 is 1.35 bits per heavy atom. The molecule has 0 bridgehead atoms. The third kappa shape index (κ3) is 3.60. The molecule has 0 aliphatic carbocycles. The second-order valence-corrected chi connectivity index (χ2v) is 6.82. The average molecular weight is 354 g/mol. The van der Waals surface area contributed by atoms with Crippen LogP contribution in [0.4, 0.5) is 0 Å². The summed E-state index contributed by atoms with van der Waals surface area (Å²) in [5.74, 6) is 0.459. The third-order valence-electron chi connectivity index (χ3n) is 4.84. The molecular weight excluding hydrogens is 332 g/mol. The highest BCUT2D eigenvalue weighted by Crippen LogP contribution is 2.21. The van der Waals surface area contributed by atoms with Gasteiger partial charge < -0.3 is 10.2 Å². The van der Waals surface area contributed by atoms with Crippen LogP contribution in [0.5, 0.6) is 0 Å². The predicted molar refractivity (Wildman–Crippen MR) is 95.3 cm³/mol. The Bertz CT molecular complexity index is 896. The molecule has 0 saturated carbocycles. The summed E-state index contributed by atoms with van der Waals surface area (Å²) in [7, 11) is 1.79. The summed E-state index contributed by atoms with van der Waals surface area (Å²) in [4.78, 5) is 14.2. The molecule has 0 radical (unpaired) electrons. The van der Waals surface area contributed by atoms with Gasteiger partial charge in [0, 0.05) is 32.3 Å². The minimum Gasteiger partial charge on any atom is -0.340 e. The SMILES string of the molecule is CN(Cc1ccc2nonc2c1)C(=O)Cn1ccc(C2CCCNC2)n1. The van der Waals surface area contributed by atoms with Gasteiger partial charge in [-0.1, -0.05) is 6.07 Å². The molecule has 1 aliphatic heterocycles. The van der Waals surface area contributed by atoms with Crippen LogP contribution in [0, 0.1) is 0 Å². The van der Waals surface area contributed by atoms with Gasteiger partial charge in [0.15, 0.2) is 0 Å². The van der Waals surface area contributed by atoms with Crippen molar-refractivity contribution in [3.05, 3.63) is 41.7 Å². The van der Waals surface area contributed by atoms with Crippen molar-refractivity contribution >= 4 is 16.9 Å². The van der Waals surface area contributed by atoms with E-state index in [2.05, 4.69) is 20.7 Å². The van der Waals surface area contributed by atoms with Crippen LogP contribution in [0.15, 0.2) is 35.1 Å². The number of nitrogens with one attached hydrogen (secondary N) is 1. The topological polar surface area (TPSA) is 89.1 Å². The summed E-state index contributed by atoms with van der Waals surface area (Å²) in [6.07, 6.45) is 4.21. The predicted octanol–water partition coefficient (Wildman–Crippen LogP) is 1.54. The second kappa shape index (κ2) is 7.25. The van der Waals surface area contributed by atoms with E-state index in [0.29, 0.717) is 23.5 Å². The Balaban J connectivity index is 1.37. The van der Waals surface area contributed by atoms with Crippen LogP contribution >= 0.6 is 0 Å². The maximum absolute atomic E-state index is 12.5. The lowest BCUT2D eigenvalue weighted by molar-refractivity contribution is -0.131. The van der Waals surface area contributed by atoms with E-state index in [-0.39, 0.29) is 12.5 Å². The van der Waals surface area contributed by atoms with E-state index in [0.717, 1.165) is 30.8 Å². The Morgan fingerprint density at radius 2 is 2.23 bits per heavy atom. The molecule has 3 heterocycles. The minimum atomic E-state index is 0.0137. The van der Waals surface area contributed by atoms with Crippen LogP contribution in [0.25, 0.3) is 11.0 Å². The summed E-state index contributed by atoms with van der Waals surface area (Å²) in [6.45, 7) is 2.79. The van der Waals surface area contributed by atoms with Gasteiger partial charge in [-0.05, 0) is 53.5 Å². The van der Waals surface area contributed by atoms with E-state index in [4.69, 9.17) is 4.63 Å². The van der Waals surface area contributed by atoms with Gasteiger partial charge in [-0.25, -0.2) is 4.63 Å². The van der Waals surface area contributed by atoms with E-state index in [1.807, 2.05) is 30.5 Å². The zero-order valence-corrected chi connectivity index (χ0v) is 14.8. The molecule has 1 atom stereocenters. The van der Waals surface area contributed by atoms with Crippen LogP contribution in [0.1, 0.15) is 30.0 Å². The Hall–Kier alpha value is -2.74. The minimum absolute atomic E-state index is 0.0137. The van der Waals surface area contributed by atoms with Gasteiger partial charge in [-0.3, -0.25) is 9.48 Å². The van der Waals surface area contributed by atoms with Gasteiger partial charge in [0.25, 0.3) is 0 Å². The number of likely N-dealkylation sites (N-methyl/N-ethyl adjacent to an activating group) is 1. The lowest BCUT2D eigenvalue weighted by Gasteiger charge is -2.21. The van der Waals surface area contributed by atoms with Crippen LogP contribution in [-0.4, -0.2) is 51.0 Å². The molecule has 1 N–H and O–H groups in total. The number of carbonyl (C=O) groups is 1. The number of rotatable bonds is 5. The number of hydrogen-bond donors (Lipinski definition) is 1. The molecule has 8 heteroatoms. The van der Waals surface area contributed by atoms with E-state index >= 15 is 0 Å². The molecule has 1 amide bonds. The molecule has 8 nitrogen and oxygen atoms in total. The molecule has 1 saturated heterocycles. The molecule has 1 unspecified atom stereocenters. The van der Waals surface area contributed by atoms with E-state index in [9.17, 15) is 4.79 Å². The van der Waals surface area contributed by atoms with Gasteiger partial charge in [0.2, 0.25) is 5.91 Å². The highest BCUT2D eigenvalue weighted by atomic mass is 16.6.